The molecular formula is C83H61F2NO2. The maximum absolute atomic E-state index is 15.8. The van der Waals surface area contributed by atoms with Gasteiger partial charge in [0.1, 0.15) is 34.6 Å². The van der Waals surface area contributed by atoms with E-state index in [4.69, 9.17) is 9.47 Å². The van der Waals surface area contributed by atoms with Crippen LogP contribution in [0.15, 0.2) is 274 Å². The van der Waals surface area contributed by atoms with Crippen LogP contribution in [-0.2, 0) is 16.2 Å². The molecule has 0 spiro atoms. The molecular weight excluding hydrogens is 1080 g/mol. The second-order valence-electron chi connectivity index (χ2n) is 24.0. The first-order valence-electron chi connectivity index (χ1n) is 30.0. The first-order valence-corrected chi connectivity index (χ1v) is 30.0. The van der Waals surface area contributed by atoms with Crippen LogP contribution in [0.4, 0.5) is 25.8 Å². The van der Waals surface area contributed by atoms with Gasteiger partial charge in [-0.15, -0.1) is 0 Å². The lowest BCUT2D eigenvalue weighted by Crippen LogP contribution is -2.29. The Hall–Kier alpha value is -10.6. The van der Waals surface area contributed by atoms with E-state index in [0.717, 1.165) is 106 Å². The Morgan fingerprint density at radius 1 is 0.352 bits per heavy atom. The molecule has 2 atom stereocenters. The topological polar surface area (TPSA) is 21.7 Å². The highest BCUT2D eigenvalue weighted by Gasteiger charge is 2.49. The van der Waals surface area contributed by atoms with E-state index in [-0.39, 0.29) is 11.6 Å². The molecule has 0 fully saturated rings. The van der Waals surface area contributed by atoms with Gasteiger partial charge in [0.05, 0.1) is 16.5 Å². The van der Waals surface area contributed by atoms with E-state index in [2.05, 4.69) is 184 Å². The molecule has 0 aromatic heterocycles. The van der Waals surface area contributed by atoms with E-state index in [0.29, 0.717) is 22.6 Å². The van der Waals surface area contributed by atoms with E-state index in [9.17, 15) is 0 Å². The summed E-state index contributed by atoms with van der Waals surface area (Å²) in [5.74, 6) is 2.30. The highest BCUT2D eigenvalue weighted by atomic mass is 19.1. The van der Waals surface area contributed by atoms with Crippen LogP contribution in [0.1, 0.15) is 91.7 Å². The zero-order chi connectivity index (χ0) is 60.1. The van der Waals surface area contributed by atoms with Gasteiger partial charge in [-0.05, 0) is 216 Å². The predicted molar refractivity (Wildman–Crippen MR) is 356 cm³/mol. The van der Waals surface area contributed by atoms with Crippen LogP contribution in [0.25, 0.3) is 45.5 Å². The summed E-state index contributed by atoms with van der Waals surface area (Å²) in [5, 5.41) is 0. The summed E-state index contributed by atoms with van der Waals surface area (Å²) >= 11 is 0. The molecule has 0 heterocycles. The van der Waals surface area contributed by atoms with Gasteiger partial charge in [-0.2, -0.15) is 0 Å². The van der Waals surface area contributed by atoms with Crippen molar-refractivity contribution < 1.29 is 18.3 Å². The molecule has 0 amide bonds. The first-order chi connectivity index (χ1) is 42.9. The Bertz CT molecular complexity index is 4540. The first kappa shape index (κ1) is 54.1. The second-order valence-corrected chi connectivity index (χ2v) is 24.0. The molecule has 0 radical (unpaired) electrons. The lowest BCUT2D eigenvalue weighted by Gasteiger charge is -2.37. The van der Waals surface area contributed by atoms with Crippen molar-refractivity contribution in [3.8, 4) is 56.4 Å². The summed E-state index contributed by atoms with van der Waals surface area (Å²) in [6.07, 6.45) is 3.64. The zero-order valence-corrected chi connectivity index (χ0v) is 49.4. The summed E-state index contributed by atoms with van der Waals surface area (Å²) in [6.45, 7) is 16.2. The Kier molecular flexibility index (Phi) is 12.8. The van der Waals surface area contributed by atoms with Crippen molar-refractivity contribution in [3.05, 3.63) is 364 Å². The molecule has 2 unspecified atom stereocenters. The second kappa shape index (κ2) is 20.8. The summed E-state index contributed by atoms with van der Waals surface area (Å²) in [6, 6.07) is 90.5. The number of benzene rings is 12. The number of nitrogens with zero attached hydrogens (tertiary/aromatic N) is 1. The number of hydrogen-bond acceptors (Lipinski definition) is 3. The number of aryl methyl sites for hydroxylation is 2. The molecule has 0 saturated carbocycles. The highest BCUT2D eigenvalue weighted by Crippen LogP contribution is 2.62. The molecule has 0 bridgehead atoms. The van der Waals surface area contributed by atoms with Gasteiger partial charge in [0.15, 0.2) is 0 Å². The molecule has 12 aromatic rings. The van der Waals surface area contributed by atoms with Gasteiger partial charge in [-0.3, -0.25) is 0 Å². The van der Waals surface area contributed by atoms with Crippen molar-refractivity contribution in [2.45, 2.75) is 43.9 Å². The van der Waals surface area contributed by atoms with Crippen molar-refractivity contribution in [2.24, 2.45) is 0 Å². The molecule has 88 heavy (non-hydrogen) atoms. The fourth-order valence-electron chi connectivity index (χ4n) is 14.7. The molecule has 0 N–H and O–H groups in total. The number of rotatable bonds is 13. The maximum Gasteiger partial charge on any atom is 0.127 e. The molecule has 5 heteroatoms. The minimum atomic E-state index is -0.912. The summed E-state index contributed by atoms with van der Waals surface area (Å²) in [4.78, 5) is 2.46. The third-order valence-electron chi connectivity index (χ3n) is 18.8. The third-order valence-corrected chi connectivity index (χ3v) is 18.8. The smallest absolute Gasteiger partial charge is 0.127 e. The van der Waals surface area contributed by atoms with Crippen LogP contribution in [0.3, 0.4) is 0 Å². The fraction of sp³-hybridized carbons (Fsp3) is 0.0843. The number of halogens is 2. The molecule has 3 nitrogen and oxygen atoms in total. The standard InChI is InChI=1S/C83H61F2NO2/c1-7-54-24-36-62(37-25-54)87-64-40-28-56(29-41-64)82(58-32-46-77(84)52(3)48-58)73-21-13-10-16-66(73)69-44-34-60(50-75(69)82)86(79-23-15-19-71-68-18-9-12-20-72(68)81(5,6)80(71)79)61-35-45-70-67-17-11-14-22-74(67)83(76(70)51-61,59-33-47-78(85)53(4)49-59)57-30-42-65(43-31-57)88-63-38-26-55(8-2)27-39-63/h7-51H,1-2H2,3-6H3. The number of fused-ring (bicyclic) bond motifs is 9. The average Bonchev–Trinajstić information content (AvgIpc) is 1.64. The molecule has 0 saturated heterocycles. The SMILES string of the molecule is C=Cc1ccc(Oc2ccc(C3(c4ccc(F)c(C)c4)c4ccccc4-c4ccc(N(c5ccc6c(c5)C(c5ccc(Oc7ccc(C=C)cc7)cc5)(c5ccc(F)c(C)c5)c5ccccc5-6)c5cccc6c5C(C)(C)c5ccccc5-6)cc43)cc2)cc1. The van der Waals surface area contributed by atoms with Gasteiger partial charge in [0.2, 0.25) is 0 Å². The van der Waals surface area contributed by atoms with E-state index < -0.39 is 16.2 Å². The Morgan fingerprint density at radius 3 is 1.14 bits per heavy atom. The average molecular weight is 1140 g/mol. The molecule has 3 aliphatic rings. The van der Waals surface area contributed by atoms with Crippen molar-refractivity contribution >= 4 is 29.2 Å². The van der Waals surface area contributed by atoms with Crippen LogP contribution < -0.4 is 14.4 Å². The van der Waals surface area contributed by atoms with Gasteiger partial charge in [-0.25, -0.2) is 8.78 Å². The van der Waals surface area contributed by atoms with Crippen LogP contribution in [0.2, 0.25) is 0 Å². The Labute approximate surface area is 513 Å². The van der Waals surface area contributed by atoms with Crippen molar-refractivity contribution in [2.75, 3.05) is 4.90 Å². The van der Waals surface area contributed by atoms with Crippen LogP contribution in [0, 0.1) is 25.5 Å². The largest absolute Gasteiger partial charge is 0.457 e. The predicted octanol–water partition coefficient (Wildman–Crippen LogP) is 22.0. The summed E-state index contributed by atoms with van der Waals surface area (Å²) in [7, 11) is 0. The summed E-state index contributed by atoms with van der Waals surface area (Å²) < 4.78 is 44.5. The zero-order valence-electron chi connectivity index (χ0n) is 49.4. The van der Waals surface area contributed by atoms with E-state index in [1.807, 2.05) is 123 Å². The van der Waals surface area contributed by atoms with Crippen molar-refractivity contribution in [3.63, 3.8) is 0 Å². The lowest BCUT2D eigenvalue weighted by molar-refractivity contribution is 0.482. The van der Waals surface area contributed by atoms with Crippen LogP contribution >= 0.6 is 0 Å². The van der Waals surface area contributed by atoms with E-state index >= 15 is 8.78 Å². The monoisotopic (exact) mass is 1140 g/mol. The van der Waals surface area contributed by atoms with Crippen LogP contribution in [0.5, 0.6) is 23.0 Å². The molecule has 15 rings (SSSR count). The van der Waals surface area contributed by atoms with Crippen molar-refractivity contribution in [1.29, 1.82) is 0 Å². The lowest BCUT2D eigenvalue weighted by atomic mass is 9.67. The molecule has 12 aromatic carbocycles. The Balaban J connectivity index is 0.975. The molecule has 3 aliphatic carbocycles. The highest BCUT2D eigenvalue weighted by molar-refractivity contribution is 5.95. The molecule has 0 aliphatic heterocycles. The minimum absolute atomic E-state index is 0.261. The van der Waals surface area contributed by atoms with Gasteiger partial charge >= 0.3 is 0 Å². The van der Waals surface area contributed by atoms with Gasteiger partial charge in [0, 0.05) is 16.8 Å². The van der Waals surface area contributed by atoms with Crippen LogP contribution in [-0.4, -0.2) is 0 Å². The number of ether oxygens (including phenoxy) is 2. The van der Waals surface area contributed by atoms with Gasteiger partial charge in [0.25, 0.3) is 0 Å². The Morgan fingerprint density at radius 2 is 0.716 bits per heavy atom. The van der Waals surface area contributed by atoms with Gasteiger partial charge in [-0.1, -0.05) is 209 Å². The molecule has 424 valence electrons. The minimum Gasteiger partial charge on any atom is -0.457 e. The van der Waals surface area contributed by atoms with E-state index in [1.54, 1.807) is 12.1 Å². The number of anilines is 3. The van der Waals surface area contributed by atoms with Gasteiger partial charge < -0.3 is 14.4 Å². The fourth-order valence-corrected chi connectivity index (χ4v) is 14.7. The quantitative estimate of drug-likeness (QED) is 0.115. The normalized spacial score (nSPS) is 16.1. The van der Waals surface area contributed by atoms with Crippen molar-refractivity contribution in [1.82, 2.24) is 0 Å². The maximum atomic E-state index is 15.8. The van der Waals surface area contributed by atoms with E-state index in [1.165, 1.54) is 22.3 Å². The number of hydrogen-bond donors (Lipinski definition) is 0. The summed E-state index contributed by atoms with van der Waals surface area (Å²) in [5.41, 5.74) is 21.4. The third kappa shape index (κ3) is 8.28.